The van der Waals surface area contributed by atoms with Crippen LogP contribution in [0.3, 0.4) is 0 Å². The summed E-state index contributed by atoms with van der Waals surface area (Å²) in [5.74, 6) is 0. The fourth-order valence-electron chi connectivity index (χ4n) is 1.11. The number of nitriles is 1. The number of aromatic nitrogens is 2. The van der Waals surface area contributed by atoms with Gasteiger partial charge in [-0.05, 0) is 12.1 Å². The van der Waals surface area contributed by atoms with Crippen LogP contribution < -0.4 is 0 Å². The molecule has 1 N–H and O–H groups in total. The number of nitrogens with one attached hydrogen (secondary N) is 1. The Balaban J connectivity index is 2.91. The molecule has 58 valence electrons. The third-order valence-electron chi connectivity index (χ3n) is 1.64. The largest absolute Gasteiger partial charge is 0.278 e. The van der Waals surface area contributed by atoms with Gasteiger partial charge >= 0.3 is 0 Å². The van der Waals surface area contributed by atoms with E-state index in [4.69, 9.17) is 5.26 Å². The molecule has 0 atom stereocenters. The topological polar surface area (TPSA) is 52.5 Å². The molecule has 0 bridgehead atoms. The van der Waals surface area contributed by atoms with Crippen molar-refractivity contribution in [2.45, 2.75) is 0 Å². The first-order valence-corrected chi connectivity index (χ1v) is 4.13. The zero-order valence-corrected chi connectivity index (χ0v) is 7.59. The van der Waals surface area contributed by atoms with E-state index in [2.05, 4.69) is 32.2 Å². The molecule has 12 heavy (non-hydrogen) atoms. The lowest BCUT2D eigenvalue weighted by atomic mass is 10.1. The van der Waals surface area contributed by atoms with Gasteiger partial charge in [0.25, 0.3) is 0 Å². The lowest BCUT2D eigenvalue weighted by molar-refractivity contribution is 1.12. The molecular weight excluding hydrogens is 218 g/mol. The normalized spacial score (nSPS) is 10.0. The van der Waals surface area contributed by atoms with Crippen LogP contribution in [0, 0.1) is 11.3 Å². The molecule has 0 aliphatic carbocycles. The van der Waals surface area contributed by atoms with Crippen LogP contribution >= 0.6 is 15.9 Å². The molecule has 0 fully saturated rings. The zero-order chi connectivity index (χ0) is 8.55. The highest BCUT2D eigenvalue weighted by molar-refractivity contribution is 9.10. The predicted octanol–water partition coefficient (Wildman–Crippen LogP) is 2.20. The zero-order valence-electron chi connectivity index (χ0n) is 6.00. The van der Waals surface area contributed by atoms with E-state index in [9.17, 15) is 0 Å². The second kappa shape index (κ2) is 2.61. The van der Waals surface area contributed by atoms with Crippen molar-refractivity contribution < 1.29 is 0 Å². The van der Waals surface area contributed by atoms with Crippen LogP contribution in [0.25, 0.3) is 10.9 Å². The van der Waals surface area contributed by atoms with Gasteiger partial charge in [0.1, 0.15) is 0 Å². The summed E-state index contributed by atoms with van der Waals surface area (Å²) in [5.41, 5.74) is 1.51. The van der Waals surface area contributed by atoms with E-state index >= 15 is 0 Å². The van der Waals surface area contributed by atoms with Crippen molar-refractivity contribution in [1.82, 2.24) is 10.2 Å². The molecule has 0 saturated carbocycles. The quantitative estimate of drug-likeness (QED) is 0.742. The Morgan fingerprint density at radius 3 is 3.08 bits per heavy atom. The molecule has 0 radical (unpaired) electrons. The van der Waals surface area contributed by atoms with Crippen molar-refractivity contribution in [1.29, 1.82) is 5.26 Å². The summed E-state index contributed by atoms with van der Waals surface area (Å²) >= 11 is 3.31. The highest BCUT2D eigenvalue weighted by Crippen LogP contribution is 2.21. The number of benzene rings is 1. The SMILES string of the molecule is N#Cc1cc(Br)cc2[nH]ncc12. The summed E-state index contributed by atoms with van der Waals surface area (Å²) < 4.78 is 0.885. The van der Waals surface area contributed by atoms with Crippen LogP contribution in [0.2, 0.25) is 0 Å². The highest BCUT2D eigenvalue weighted by atomic mass is 79.9. The molecular formula is C8H4BrN3. The molecule has 2 aromatic rings. The lowest BCUT2D eigenvalue weighted by Crippen LogP contribution is -1.76. The Morgan fingerprint density at radius 1 is 1.50 bits per heavy atom. The second-order valence-electron chi connectivity index (χ2n) is 2.40. The maximum absolute atomic E-state index is 8.77. The van der Waals surface area contributed by atoms with Gasteiger partial charge in [-0.3, -0.25) is 5.10 Å². The summed E-state index contributed by atoms with van der Waals surface area (Å²) in [5, 5.41) is 16.3. The first kappa shape index (κ1) is 7.32. The first-order chi connectivity index (χ1) is 5.81. The number of fused-ring (bicyclic) bond motifs is 1. The van der Waals surface area contributed by atoms with Crippen molar-refractivity contribution in [3.63, 3.8) is 0 Å². The van der Waals surface area contributed by atoms with Crippen molar-refractivity contribution in [2.75, 3.05) is 0 Å². The monoisotopic (exact) mass is 221 g/mol. The summed E-state index contributed by atoms with van der Waals surface area (Å²) in [6, 6.07) is 5.77. The van der Waals surface area contributed by atoms with Gasteiger partial charge in [-0.25, -0.2) is 0 Å². The van der Waals surface area contributed by atoms with Gasteiger partial charge in [-0.1, -0.05) is 15.9 Å². The standard InChI is InChI=1S/C8H4BrN3/c9-6-1-5(3-10)7-4-11-12-8(7)2-6/h1-2,4H,(H,11,12). The second-order valence-corrected chi connectivity index (χ2v) is 3.31. The molecule has 3 nitrogen and oxygen atoms in total. The fourth-order valence-corrected chi connectivity index (χ4v) is 1.57. The highest BCUT2D eigenvalue weighted by Gasteiger charge is 2.02. The Kier molecular flexibility index (Phi) is 1.59. The number of nitrogens with zero attached hydrogens (tertiary/aromatic N) is 2. The minimum atomic E-state index is 0.633. The van der Waals surface area contributed by atoms with Gasteiger partial charge in [-0.2, -0.15) is 10.4 Å². The van der Waals surface area contributed by atoms with Crippen LogP contribution in [-0.2, 0) is 0 Å². The van der Waals surface area contributed by atoms with Gasteiger partial charge < -0.3 is 0 Å². The minimum absolute atomic E-state index is 0.633. The number of halogens is 1. The van der Waals surface area contributed by atoms with Gasteiger partial charge in [0.15, 0.2) is 0 Å². The summed E-state index contributed by atoms with van der Waals surface area (Å²) in [7, 11) is 0. The smallest absolute Gasteiger partial charge is 0.0999 e. The molecule has 0 spiro atoms. The fraction of sp³-hybridized carbons (Fsp3) is 0. The third-order valence-corrected chi connectivity index (χ3v) is 2.10. The van der Waals surface area contributed by atoms with Crippen LogP contribution in [0.5, 0.6) is 0 Å². The van der Waals surface area contributed by atoms with Crippen LogP contribution in [0.15, 0.2) is 22.8 Å². The molecule has 1 heterocycles. The lowest BCUT2D eigenvalue weighted by Gasteiger charge is -1.93. The Hall–Kier alpha value is -1.34. The maximum Gasteiger partial charge on any atom is 0.0999 e. The Labute approximate surface area is 77.1 Å². The van der Waals surface area contributed by atoms with Gasteiger partial charge in [0, 0.05) is 9.86 Å². The average Bonchev–Trinajstić information content (AvgIpc) is 2.50. The van der Waals surface area contributed by atoms with E-state index in [0.717, 1.165) is 15.4 Å². The van der Waals surface area contributed by atoms with Crippen molar-refractivity contribution in [3.05, 3.63) is 28.4 Å². The number of hydrogen-bond acceptors (Lipinski definition) is 2. The van der Waals surface area contributed by atoms with E-state index in [0.29, 0.717) is 5.56 Å². The average molecular weight is 222 g/mol. The van der Waals surface area contributed by atoms with Crippen molar-refractivity contribution in [3.8, 4) is 6.07 Å². The van der Waals surface area contributed by atoms with Gasteiger partial charge in [0.2, 0.25) is 0 Å². The van der Waals surface area contributed by atoms with Crippen molar-refractivity contribution >= 4 is 26.8 Å². The van der Waals surface area contributed by atoms with E-state index in [1.54, 1.807) is 12.3 Å². The van der Waals surface area contributed by atoms with Crippen LogP contribution in [-0.4, -0.2) is 10.2 Å². The molecule has 2 rings (SSSR count). The molecule has 0 aliphatic rings. The molecule has 1 aromatic heterocycles. The number of aromatic amines is 1. The number of H-pyrrole nitrogens is 1. The van der Waals surface area contributed by atoms with Gasteiger partial charge in [-0.15, -0.1) is 0 Å². The predicted molar refractivity (Wildman–Crippen MR) is 48.5 cm³/mol. The molecule has 4 heteroatoms. The minimum Gasteiger partial charge on any atom is -0.278 e. The van der Waals surface area contributed by atoms with E-state index < -0.39 is 0 Å². The molecule has 0 amide bonds. The van der Waals surface area contributed by atoms with Gasteiger partial charge in [0.05, 0.1) is 23.3 Å². The third kappa shape index (κ3) is 0.990. The van der Waals surface area contributed by atoms with Crippen molar-refractivity contribution in [2.24, 2.45) is 0 Å². The molecule has 0 aliphatic heterocycles. The first-order valence-electron chi connectivity index (χ1n) is 3.34. The number of hydrogen-bond donors (Lipinski definition) is 1. The summed E-state index contributed by atoms with van der Waals surface area (Å²) in [6.45, 7) is 0. The molecule has 0 saturated heterocycles. The number of rotatable bonds is 0. The maximum atomic E-state index is 8.77. The van der Waals surface area contributed by atoms with E-state index in [1.165, 1.54) is 0 Å². The Morgan fingerprint density at radius 2 is 2.33 bits per heavy atom. The van der Waals surface area contributed by atoms with Crippen LogP contribution in [0.4, 0.5) is 0 Å². The molecule has 1 aromatic carbocycles. The Bertz CT molecular complexity index is 467. The van der Waals surface area contributed by atoms with Crippen LogP contribution in [0.1, 0.15) is 5.56 Å². The summed E-state index contributed by atoms with van der Waals surface area (Å²) in [4.78, 5) is 0. The molecule has 0 unspecified atom stereocenters. The summed E-state index contributed by atoms with van der Waals surface area (Å²) in [6.07, 6.45) is 1.65. The van der Waals surface area contributed by atoms with E-state index in [-0.39, 0.29) is 0 Å². The van der Waals surface area contributed by atoms with E-state index in [1.807, 2.05) is 6.07 Å².